The van der Waals surface area contributed by atoms with Gasteiger partial charge in [-0.05, 0) is 25.1 Å². The highest BCUT2D eigenvalue weighted by Gasteiger charge is 2.02. The third kappa shape index (κ3) is 5.17. The van der Waals surface area contributed by atoms with E-state index in [1.54, 1.807) is 13.0 Å². The summed E-state index contributed by atoms with van der Waals surface area (Å²) in [6, 6.07) is 3.63. The maximum atomic E-state index is 11.0. The number of hydrogen-bond acceptors (Lipinski definition) is 4. The van der Waals surface area contributed by atoms with Gasteiger partial charge in [-0.3, -0.25) is 0 Å². The minimum atomic E-state index is -0.982. The molecule has 0 saturated carbocycles. The molecule has 92 valence electrons. The fraction of sp³-hybridized carbons (Fsp3) is 0.273. The van der Waals surface area contributed by atoms with E-state index >= 15 is 0 Å². The van der Waals surface area contributed by atoms with E-state index in [0.29, 0.717) is 13.2 Å². The van der Waals surface area contributed by atoms with E-state index in [1.165, 1.54) is 17.4 Å². The van der Waals surface area contributed by atoms with Gasteiger partial charge in [0, 0.05) is 15.8 Å². The zero-order valence-electron chi connectivity index (χ0n) is 9.30. The Morgan fingerprint density at radius 2 is 2.29 bits per heavy atom. The van der Waals surface area contributed by atoms with Crippen molar-refractivity contribution < 1.29 is 19.4 Å². The van der Waals surface area contributed by atoms with Gasteiger partial charge in [0.25, 0.3) is 0 Å². The maximum Gasteiger partial charge on any atom is 0.407 e. The average Bonchev–Trinajstić information content (AvgIpc) is 2.72. The van der Waals surface area contributed by atoms with Gasteiger partial charge in [0.15, 0.2) is 0 Å². The van der Waals surface area contributed by atoms with Gasteiger partial charge in [-0.2, -0.15) is 0 Å². The first-order valence-corrected chi connectivity index (χ1v) is 5.83. The van der Waals surface area contributed by atoms with Crippen LogP contribution >= 0.6 is 11.3 Å². The molecule has 0 aliphatic carbocycles. The van der Waals surface area contributed by atoms with Crippen LogP contribution in [-0.2, 0) is 16.1 Å². The van der Waals surface area contributed by atoms with Crippen molar-refractivity contribution in [1.82, 2.24) is 5.32 Å². The highest BCUT2D eigenvalue weighted by Crippen LogP contribution is 2.17. The highest BCUT2D eigenvalue weighted by molar-refractivity contribution is 7.12. The summed E-state index contributed by atoms with van der Waals surface area (Å²) < 4.78 is 4.71. The normalized spacial score (nSPS) is 10.4. The molecular weight excluding hydrogens is 242 g/mol. The fourth-order valence-electron chi connectivity index (χ4n) is 1.07. The van der Waals surface area contributed by atoms with E-state index in [-0.39, 0.29) is 0 Å². The number of thiophene rings is 1. The van der Waals surface area contributed by atoms with Crippen LogP contribution in [0.5, 0.6) is 0 Å². The van der Waals surface area contributed by atoms with Crippen LogP contribution in [0.25, 0.3) is 6.08 Å². The molecule has 0 atom stereocenters. The van der Waals surface area contributed by atoms with Crippen LogP contribution in [0.3, 0.4) is 0 Å². The van der Waals surface area contributed by atoms with E-state index < -0.39 is 12.1 Å². The first-order valence-electron chi connectivity index (χ1n) is 5.02. The molecule has 0 unspecified atom stereocenters. The van der Waals surface area contributed by atoms with Crippen molar-refractivity contribution in [3.05, 3.63) is 28.0 Å². The highest BCUT2D eigenvalue weighted by atomic mass is 32.1. The van der Waals surface area contributed by atoms with Gasteiger partial charge in [-0.15, -0.1) is 11.3 Å². The second kappa shape index (κ2) is 6.70. The van der Waals surface area contributed by atoms with Crippen LogP contribution in [0.2, 0.25) is 0 Å². The van der Waals surface area contributed by atoms with E-state index in [0.717, 1.165) is 15.8 Å². The minimum absolute atomic E-state index is 0.336. The molecule has 1 rings (SSSR count). The number of carbonyl (C=O) groups is 2. The van der Waals surface area contributed by atoms with Crippen molar-refractivity contribution in [2.24, 2.45) is 0 Å². The molecule has 0 saturated heterocycles. The van der Waals surface area contributed by atoms with Crippen LogP contribution in [0.15, 0.2) is 18.2 Å². The smallest absolute Gasteiger partial charge is 0.407 e. The number of amides is 1. The number of ether oxygens (including phenoxy) is 1. The molecule has 0 fully saturated rings. The molecule has 5 nitrogen and oxygen atoms in total. The lowest BCUT2D eigenvalue weighted by Gasteiger charge is -2.02. The Labute approximate surface area is 103 Å². The van der Waals surface area contributed by atoms with Gasteiger partial charge in [-0.25, -0.2) is 9.59 Å². The maximum absolute atomic E-state index is 11.0. The molecule has 1 aromatic heterocycles. The van der Waals surface area contributed by atoms with Crippen LogP contribution < -0.4 is 5.32 Å². The Bertz CT molecular complexity index is 425. The second-order valence-corrected chi connectivity index (χ2v) is 4.25. The zero-order valence-corrected chi connectivity index (χ0v) is 10.1. The van der Waals surface area contributed by atoms with Crippen molar-refractivity contribution in [1.29, 1.82) is 0 Å². The molecule has 0 aliphatic rings. The number of nitrogens with one attached hydrogen (secondary N) is 1. The summed E-state index contributed by atoms with van der Waals surface area (Å²) in [5, 5.41) is 11.0. The molecule has 6 heteroatoms. The number of hydrogen-bond donors (Lipinski definition) is 2. The molecule has 2 N–H and O–H groups in total. The molecule has 0 radical (unpaired) electrons. The molecule has 0 bridgehead atoms. The summed E-state index contributed by atoms with van der Waals surface area (Å²) in [6.07, 6.45) is 2.14. The summed E-state index contributed by atoms with van der Waals surface area (Å²) >= 11 is 1.41. The third-order valence-corrected chi connectivity index (χ3v) is 2.81. The van der Waals surface area contributed by atoms with Crippen molar-refractivity contribution in [2.45, 2.75) is 13.5 Å². The van der Waals surface area contributed by atoms with Gasteiger partial charge in [0.2, 0.25) is 0 Å². The Morgan fingerprint density at radius 1 is 1.53 bits per heavy atom. The molecule has 0 aromatic carbocycles. The van der Waals surface area contributed by atoms with E-state index in [2.05, 4.69) is 5.32 Å². The van der Waals surface area contributed by atoms with Crippen LogP contribution in [0, 0.1) is 0 Å². The van der Waals surface area contributed by atoms with E-state index in [1.807, 2.05) is 6.07 Å². The van der Waals surface area contributed by atoms with Crippen molar-refractivity contribution >= 4 is 29.5 Å². The molecular formula is C11H13NO4S. The molecule has 1 amide bonds. The SMILES string of the molecule is CCOC(=O)NCc1ccc(C=CC(=O)O)s1. The lowest BCUT2D eigenvalue weighted by Crippen LogP contribution is -2.23. The summed E-state index contributed by atoms with van der Waals surface area (Å²) in [4.78, 5) is 23.1. The molecule has 1 heterocycles. The number of rotatable bonds is 5. The predicted molar refractivity (Wildman–Crippen MR) is 64.9 cm³/mol. The van der Waals surface area contributed by atoms with Crippen molar-refractivity contribution in [3.63, 3.8) is 0 Å². The molecule has 0 aliphatic heterocycles. The average molecular weight is 255 g/mol. The van der Waals surface area contributed by atoms with Gasteiger partial charge in [0.1, 0.15) is 0 Å². The van der Waals surface area contributed by atoms with Crippen molar-refractivity contribution in [3.8, 4) is 0 Å². The topological polar surface area (TPSA) is 75.6 Å². The first-order chi connectivity index (χ1) is 8.11. The molecule has 17 heavy (non-hydrogen) atoms. The first kappa shape index (κ1) is 13.2. The summed E-state index contributed by atoms with van der Waals surface area (Å²) in [6.45, 7) is 2.45. The predicted octanol–water partition coefficient (Wildman–Crippen LogP) is 2.09. The summed E-state index contributed by atoms with van der Waals surface area (Å²) in [7, 11) is 0. The van der Waals surface area contributed by atoms with Crippen LogP contribution in [0.1, 0.15) is 16.7 Å². The fourth-order valence-corrected chi connectivity index (χ4v) is 1.93. The summed E-state index contributed by atoms with van der Waals surface area (Å²) in [5.41, 5.74) is 0. The van der Waals surface area contributed by atoms with E-state index in [9.17, 15) is 9.59 Å². The van der Waals surface area contributed by atoms with Crippen LogP contribution in [-0.4, -0.2) is 23.8 Å². The molecule has 0 spiro atoms. The second-order valence-electron chi connectivity index (χ2n) is 3.05. The van der Waals surface area contributed by atoms with E-state index in [4.69, 9.17) is 9.84 Å². The lowest BCUT2D eigenvalue weighted by atomic mass is 10.4. The zero-order chi connectivity index (χ0) is 12.7. The van der Waals surface area contributed by atoms with Gasteiger partial charge >= 0.3 is 12.1 Å². The van der Waals surface area contributed by atoms with Gasteiger partial charge in [0.05, 0.1) is 13.2 Å². The number of aliphatic carboxylic acids is 1. The minimum Gasteiger partial charge on any atom is -0.478 e. The number of carbonyl (C=O) groups excluding carboxylic acids is 1. The Hall–Kier alpha value is -1.82. The Morgan fingerprint density at radius 3 is 2.94 bits per heavy atom. The number of alkyl carbamates (subject to hydrolysis) is 1. The van der Waals surface area contributed by atoms with Gasteiger partial charge < -0.3 is 15.2 Å². The summed E-state index contributed by atoms with van der Waals surface area (Å²) in [5.74, 6) is -0.982. The quantitative estimate of drug-likeness (QED) is 0.790. The third-order valence-electron chi connectivity index (χ3n) is 1.76. The van der Waals surface area contributed by atoms with Crippen LogP contribution in [0.4, 0.5) is 4.79 Å². The number of carboxylic acids is 1. The Balaban J connectivity index is 2.46. The largest absolute Gasteiger partial charge is 0.478 e. The molecule has 1 aromatic rings. The Kier molecular flexibility index (Phi) is 5.22. The standard InChI is InChI=1S/C11H13NO4S/c1-2-16-11(15)12-7-9-4-3-8(17-9)5-6-10(13)14/h3-6H,2,7H2,1H3,(H,12,15)(H,13,14). The monoisotopic (exact) mass is 255 g/mol. The van der Waals surface area contributed by atoms with Crippen molar-refractivity contribution in [2.75, 3.05) is 6.61 Å². The lowest BCUT2D eigenvalue weighted by molar-refractivity contribution is -0.131. The number of carboxylic acid groups (broad SMARTS) is 1. The van der Waals surface area contributed by atoms with Gasteiger partial charge in [-0.1, -0.05) is 0 Å².